The second-order valence-electron chi connectivity index (χ2n) is 4.73. The molecule has 0 aliphatic carbocycles. The van der Waals surface area contributed by atoms with Crippen LogP contribution >= 0.6 is 12.0 Å². The van der Waals surface area contributed by atoms with Crippen molar-refractivity contribution in [1.82, 2.24) is 0 Å². The van der Waals surface area contributed by atoms with Gasteiger partial charge in [0.2, 0.25) is 0 Å². The molecule has 2 fully saturated rings. The van der Waals surface area contributed by atoms with Gasteiger partial charge in [-0.15, -0.1) is 0 Å². The summed E-state index contributed by atoms with van der Waals surface area (Å²) in [7, 11) is 0. The summed E-state index contributed by atoms with van der Waals surface area (Å²) in [5.74, 6) is 0. The second-order valence-corrected chi connectivity index (χ2v) is 5.26. The first-order chi connectivity index (χ1) is 9.38. The van der Waals surface area contributed by atoms with Gasteiger partial charge in [0.1, 0.15) is 24.4 Å². The van der Waals surface area contributed by atoms with Gasteiger partial charge in [-0.1, -0.05) is 30.3 Å². The van der Waals surface area contributed by atoms with Crippen molar-refractivity contribution in [2.24, 2.45) is 0 Å². The Morgan fingerprint density at radius 3 is 2.53 bits per heavy atom. The summed E-state index contributed by atoms with van der Waals surface area (Å²) in [5, 5.41) is 0. The zero-order valence-corrected chi connectivity index (χ0v) is 11.7. The predicted molar refractivity (Wildman–Crippen MR) is 72.9 cm³/mol. The van der Waals surface area contributed by atoms with Crippen LogP contribution in [0, 0.1) is 0 Å². The summed E-state index contributed by atoms with van der Waals surface area (Å²) >= 11 is 1.36. The molecule has 1 aromatic carbocycles. The van der Waals surface area contributed by atoms with E-state index in [9.17, 15) is 0 Å². The van der Waals surface area contributed by atoms with E-state index in [2.05, 4.69) is 12.1 Å². The lowest BCUT2D eigenvalue weighted by Gasteiger charge is -2.16. The van der Waals surface area contributed by atoms with Crippen molar-refractivity contribution in [2.75, 3.05) is 19.5 Å². The zero-order chi connectivity index (χ0) is 13.1. The second kappa shape index (κ2) is 6.24. The molecule has 104 valence electrons. The summed E-state index contributed by atoms with van der Waals surface area (Å²) < 4.78 is 23.0. The van der Waals surface area contributed by atoms with Crippen LogP contribution in [0.5, 0.6) is 0 Å². The van der Waals surface area contributed by atoms with Gasteiger partial charge in [-0.3, -0.25) is 0 Å². The molecule has 0 aromatic heterocycles. The summed E-state index contributed by atoms with van der Waals surface area (Å²) in [6.07, 6.45) is 1.94. The first kappa shape index (κ1) is 13.4. The Balaban J connectivity index is 1.54. The van der Waals surface area contributed by atoms with Gasteiger partial charge >= 0.3 is 0 Å². The maximum atomic E-state index is 5.92. The highest BCUT2D eigenvalue weighted by atomic mass is 32.2. The summed E-state index contributed by atoms with van der Waals surface area (Å²) in [4.78, 5) is 0. The summed E-state index contributed by atoms with van der Waals surface area (Å²) in [5.41, 5.74) is 1.17. The van der Waals surface area contributed by atoms with Crippen molar-refractivity contribution in [3.63, 3.8) is 0 Å². The third kappa shape index (κ3) is 2.95. The van der Waals surface area contributed by atoms with Gasteiger partial charge < -0.3 is 18.4 Å². The largest absolute Gasteiger partial charge is 0.370 e. The summed E-state index contributed by atoms with van der Waals surface area (Å²) in [6, 6.07) is 10.1. The fraction of sp³-hybridized carbons (Fsp3) is 0.571. The van der Waals surface area contributed by atoms with E-state index in [1.807, 2.05) is 24.5 Å². The predicted octanol–water partition coefficient (Wildman–Crippen LogP) is 2.03. The Morgan fingerprint density at radius 2 is 1.79 bits per heavy atom. The number of hydrogen-bond donors (Lipinski definition) is 0. The standard InChI is InChI=1S/C14H18O4S/c1-19-18-12-9-17-13-11(8-16-14(12)13)15-7-10-5-3-2-4-6-10/h2-6,11-14H,7-9H2,1H3/t11-,12+,13?,14?/m0/s1. The van der Waals surface area contributed by atoms with E-state index in [1.54, 1.807) is 0 Å². The molecule has 2 saturated heterocycles. The van der Waals surface area contributed by atoms with Crippen LogP contribution in [0.15, 0.2) is 30.3 Å². The molecule has 0 N–H and O–H groups in total. The van der Waals surface area contributed by atoms with Gasteiger partial charge in [-0.05, 0) is 17.6 Å². The third-order valence-electron chi connectivity index (χ3n) is 3.49. The van der Waals surface area contributed by atoms with Crippen LogP contribution in [-0.2, 0) is 25.0 Å². The Kier molecular flexibility index (Phi) is 4.40. The highest BCUT2D eigenvalue weighted by molar-refractivity contribution is 7.93. The van der Waals surface area contributed by atoms with E-state index < -0.39 is 0 Å². The van der Waals surface area contributed by atoms with Gasteiger partial charge in [0.15, 0.2) is 0 Å². The monoisotopic (exact) mass is 282 g/mol. The molecule has 0 amide bonds. The molecule has 5 heteroatoms. The lowest BCUT2D eigenvalue weighted by atomic mass is 10.1. The van der Waals surface area contributed by atoms with Crippen LogP contribution in [0.4, 0.5) is 0 Å². The van der Waals surface area contributed by atoms with Gasteiger partial charge in [0.25, 0.3) is 0 Å². The molecule has 4 atom stereocenters. The number of hydrogen-bond acceptors (Lipinski definition) is 5. The molecule has 2 unspecified atom stereocenters. The molecule has 3 rings (SSSR count). The van der Waals surface area contributed by atoms with Crippen LogP contribution in [0.2, 0.25) is 0 Å². The number of rotatable bonds is 5. The maximum Gasteiger partial charge on any atom is 0.124 e. The Hall–Kier alpha value is -0.590. The minimum Gasteiger partial charge on any atom is -0.370 e. The average Bonchev–Trinajstić information content (AvgIpc) is 3.01. The lowest BCUT2D eigenvalue weighted by molar-refractivity contribution is -0.0419. The fourth-order valence-corrected chi connectivity index (χ4v) is 2.97. The number of ether oxygens (including phenoxy) is 3. The van der Waals surface area contributed by atoms with Crippen molar-refractivity contribution in [2.45, 2.75) is 31.0 Å². The lowest BCUT2D eigenvalue weighted by Crippen LogP contribution is -2.33. The van der Waals surface area contributed by atoms with Crippen LogP contribution in [0.3, 0.4) is 0 Å². The van der Waals surface area contributed by atoms with E-state index in [0.717, 1.165) is 0 Å². The molecule has 19 heavy (non-hydrogen) atoms. The van der Waals surface area contributed by atoms with Crippen molar-refractivity contribution in [1.29, 1.82) is 0 Å². The van der Waals surface area contributed by atoms with Crippen molar-refractivity contribution < 1.29 is 18.4 Å². The van der Waals surface area contributed by atoms with Crippen LogP contribution in [0.1, 0.15) is 5.56 Å². The molecule has 2 heterocycles. The minimum atomic E-state index is 0.000613. The fourth-order valence-electron chi connectivity index (χ4n) is 2.56. The van der Waals surface area contributed by atoms with Gasteiger partial charge in [0.05, 0.1) is 19.8 Å². The SMILES string of the molecule is CSO[C@@H]1COC2C1OC[C@@H]2OCc1ccccc1. The molecule has 0 bridgehead atoms. The summed E-state index contributed by atoms with van der Waals surface area (Å²) in [6.45, 7) is 1.76. The van der Waals surface area contributed by atoms with Crippen LogP contribution in [0.25, 0.3) is 0 Å². The first-order valence-electron chi connectivity index (χ1n) is 6.46. The van der Waals surface area contributed by atoms with Gasteiger partial charge in [-0.25, -0.2) is 0 Å². The highest BCUT2D eigenvalue weighted by Crippen LogP contribution is 2.32. The average molecular weight is 282 g/mol. The van der Waals surface area contributed by atoms with E-state index in [0.29, 0.717) is 19.8 Å². The zero-order valence-electron chi connectivity index (χ0n) is 10.9. The molecular weight excluding hydrogens is 264 g/mol. The van der Waals surface area contributed by atoms with E-state index >= 15 is 0 Å². The quantitative estimate of drug-likeness (QED) is 0.772. The molecular formula is C14H18O4S. The van der Waals surface area contributed by atoms with E-state index in [-0.39, 0.29) is 24.4 Å². The first-order valence-corrected chi connectivity index (χ1v) is 7.61. The Morgan fingerprint density at radius 1 is 1.11 bits per heavy atom. The van der Waals surface area contributed by atoms with E-state index in [4.69, 9.17) is 18.4 Å². The molecule has 4 nitrogen and oxygen atoms in total. The molecule has 0 saturated carbocycles. The topological polar surface area (TPSA) is 36.9 Å². The van der Waals surface area contributed by atoms with Gasteiger partial charge in [-0.2, -0.15) is 0 Å². The Labute approximate surface area is 117 Å². The number of fused-ring (bicyclic) bond motifs is 1. The van der Waals surface area contributed by atoms with Crippen molar-refractivity contribution in [3.8, 4) is 0 Å². The molecule has 2 aliphatic heterocycles. The van der Waals surface area contributed by atoms with Crippen molar-refractivity contribution in [3.05, 3.63) is 35.9 Å². The third-order valence-corrected chi connectivity index (χ3v) is 3.93. The Bertz CT molecular complexity index is 400. The van der Waals surface area contributed by atoms with Crippen molar-refractivity contribution >= 4 is 12.0 Å². The maximum absolute atomic E-state index is 5.92. The van der Waals surface area contributed by atoms with Crippen LogP contribution in [-0.4, -0.2) is 43.9 Å². The normalized spacial score (nSPS) is 33.5. The molecule has 2 aliphatic rings. The smallest absolute Gasteiger partial charge is 0.124 e. The molecule has 1 aromatic rings. The minimum absolute atomic E-state index is 0.000613. The van der Waals surface area contributed by atoms with Gasteiger partial charge in [0, 0.05) is 6.26 Å². The highest BCUT2D eigenvalue weighted by Gasteiger charge is 2.49. The molecule has 0 spiro atoms. The van der Waals surface area contributed by atoms with E-state index in [1.165, 1.54) is 17.6 Å². The van der Waals surface area contributed by atoms with Crippen LogP contribution < -0.4 is 0 Å². The number of benzene rings is 1. The molecule has 0 radical (unpaired) electrons.